The fraction of sp³-hybridized carbons (Fsp3) is 0.455. The second kappa shape index (κ2) is 6.84. The van der Waals surface area contributed by atoms with Crippen LogP contribution in [0.1, 0.15) is 30.6 Å². The molecule has 2 aliphatic rings. The fourth-order valence-corrected chi connectivity index (χ4v) is 4.94. The van der Waals surface area contributed by atoms with Gasteiger partial charge in [-0.25, -0.2) is 0 Å². The molecule has 138 valence electrons. The Bertz CT molecular complexity index is 851. The van der Waals surface area contributed by atoms with Crippen LogP contribution in [0.25, 0.3) is 10.9 Å². The van der Waals surface area contributed by atoms with Crippen LogP contribution in [-0.2, 0) is 11.2 Å². The zero-order chi connectivity index (χ0) is 18.3. The molecule has 0 spiro atoms. The summed E-state index contributed by atoms with van der Waals surface area (Å²) in [5.41, 5.74) is 5.29. The topological polar surface area (TPSA) is 37.5 Å². The van der Waals surface area contributed by atoms with Gasteiger partial charge in [0.15, 0.2) is 0 Å². The van der Waals surface area contributed by atoms with Gasteiger partial charge in [-0.05, 0) is 54.9 Å². The van der Waals surface area contributed by atoms with E-state index >= 15 is 0 Å². The molecule has 0 radical (unpaired) electrons. The van der Waals surface area contributed by atoms with Crippen molar-refractivity contribution in [3.8, 4) is 5.75 Å². The molecule has 4 nitrogen and oxygen atoms in total. The SMILES string of the molecule is C=C[C@H]1CN2CCc3c([nH]c4cccc(OC)c34)[C@@H]2C[C@@H]1/C(C)=C\OC. The molecule has 4 heteroatoms. The van der Waals surface area contributed by atoms with Crippen molar-refractivity contribution < 1.29 is 9.47 Å². The second-order valence-corrected chi connectivity index (χ2v) is 7.50. The van der Waals surface area contributed by atoms with Gasteiger partial charge in [0.05, 0.1) is 26.5 Å². The van der Waals surface area contributed by atoms with Gasteiger partial charge >= 0.3 is 0 Å². The summed E-state index contributed by atoms with van der Waals surface area (Å²) >= 11 is 0. The maximum atomic E-state index is 5.64. The summed E-state index contributed by atoms with van der Waals surface area (Å²) in [5.74, 6) is 1.91. The standard InChI is InChI=1S/C22H28N2O2/c1-5-15-12-24-10-9-16-21-18(7-6-8-20(21)26-4)23-22(16)19(24)11-17(15)14(2)13-25-3/h5-8,13,15,17,19,23H,1,9-12H2,2-4H3/b14-13-/t15-,17+,19-/m0/s1. The number of benzene rings is 1. The third-order valence-corrected chi connectivity index (χ3v) is 6.20. The number of ether oxygens (including phenoxy) is 2. The van der Waals surface area contributed by atoms with E-state index in [1.165, 1.54) is 27.7 Å². The van der Waals surface area contributed by atoms with E-state index < -0.39 is 0 Å². The van der Waals surface area contributed by atoms with Crippen LogP contribution in [0.15, 0.2) is 42.7 Å². The molecule has 1 aromatic carbocycles. The number of nitrogens with one attached hydrogen (secondary N) is 1. The number of nitrogens with zero attached hydrogens (tertiary/aromatic N) is 1. The van der Waals surface area contributed by atoms with Gasteiger partial charge in [0.2, 0.25) is 0 Å². The van der Waals surface area contributed by atoms with Gasteiger partial charge in [0.25, 0.3) is 0 Å². The highest BCUT2D eigenvalue weighted by molar-refractivity contribution is 5.91. The summed E-state index contributed by atoms with van der Waals surface area (Å²) in [6.45, 7) is 8.42. The number of aromatic amines is 1. The molecular weight excluding hydrogens is 324 g/mol. The molecule has 2 aromatic rings. The van der Waals surface area contributed by atoms with Crippen molar-refractivity contribution in [3.05, 3.63) is 53.9 Å². The van der Waals surface area contributed by atoms with Crippen LogP contribution in [0.4, 0.5) is 0 Å². The molecule has 3 atom stereocenters. The molecule has 1 aromatic heterocycles. The molecule has 0 unspecified atom stereocenters. The van der Waals surface area contributed by atoms with Gasteiger partial charge in [-0.1, -0.05) is 12.1 Å². The molecular formula is C22H28N2O2. The number of aromatic nitrogens is 1. The Labute approximate surface area is 155 Å². The normalized spacial score (nSPS) is 26.3. The van der Waals surface area contributed by atoms with Crippen LogP contribution in [0.5, 0.6) is 5.75 Å². The van der Waals surface area contributed by atoms with Crippen molar-refractivity contribution in [1.29, 1.82) is 0 Å². The lowest BCUT2D eigenvalue weighted by Crippen LogP contribution is -2.45. The predicted molar refractivity (Wildman–Crippen MR) is 105 cm³/mol. The van der Waals surface area contributed by atoms with E-state index in [-0.39, 0.29) is 0 Å². The van der Waals surface area contributed by atoms with Crippen molar-refractivity contribution in [2.75, 3.05) is 27.3 Å². The number of methoxy groups -OCH3 is 2. The maximum absolute atomic E-state index is 5.64. The van der Waals surface area contributed by atoms with Crippen LogP contribution in [0.3, 0.4) is 0 Å². The van der Waals surface area contributed by atoms with Gasteiger partial charge in [-0.15, -0.1) is 6.58 Å². The predicted octanol–water partition coefficient (Wildman–Crippen LogP) is 4.45. The molecule has 3 heterocycles. The first-order chi connectivity index (χ1) is 12.7. The number of allylic oxidation sites excluding steroid dienone is 1. The molecule has 0 saturated carbocycles. The molecule has 0 bridgehead atoms. The van der Waals surface area contributed by atoms with Crippen LogP contribution in [0.2, 0.25) is 0 Å². The highest BCUT2D eigenvalue weighted by atomic mass is 16.5. The van der Waals surface area contributed by atoms with E-state index in [4.69, 9.17) is 9.47 Å². The molecule has 1 N–H and O–H groups in total. The molecule has 0 amide bonds. The monoisotopic (exact) mass is 352 g/mol. The van der Waals surface area contributed by atoms with E-state index in [9.17, 15) is 0 Å². The molecule has 26 heavy (non-hydrogen) atoms. The summed E-state index contributed by atoms with van der Waals surface area (Å²) in [6.07, 6.45) is 6.17. The van der Waals surface area contributed by atoms with Crippen molar-refractivity contribution in [2.24, 2.45) is 11.8 Å². The van der Waals surface area contributed by atoms with Gasteiger partial charge in [0.1, 0.15) is 5.75 Å². The average molecular weight is 352 g/mol. The summed E-state index contributed by atoms with van der Waals surface area (Å²) in [5, 5.41) is 1.26. The third-order valence-electron chi connectivity index (χ3n) is 6.20. The maximum Gasteiger partial charge on any atom is 0.128 e. The van der Waals surface area contributed by atoms with E-state index in [0.717, 1.165) is 31.7 Å². The molecule has 1 saturated heterocycles. The largest absolute Gasteiger partial charge is 0.504 e. The Morgan fingerprint density at radius 2 is 2.19 bits per heavy atom. The van der Waals surface area contributed by atoms with Crippen LogP contribution in [-0.4, -0.2) is 37.2 Å². The lowest BCUT2D eigenvalue weighted by Gasteiger charge is -2.46. The second-order valence-electron chi connectivity index (χ2n) is 7.50. The average Bonchev–Trinajstić information content (AvgIpc) is 3.06. The fourth-order valence-electron chi connectivity index (χ4n) is 4.94. The first-order valence-corrected chi connectivity index (χ1v) is 9.41. The van der Waals surface area contributed by atoms with Gasteiger partial charge in [-0.2, -0.15) is 0 Å². The van der Waals surface area contributed by atoms with E-state index in [2.05, 4.69) is 47.7 Å². The minimum Gasteiger partial charge on any atom is -0.504 e. The minimum absolute atomic E-state index is 0.414. The zero-order valence-corrected chi connectivity index (χ0v) is 15.9. The minimum atomic E-state index is 0.414. The summed E-state index contributed by atoms with van der Waals surface area (Å²) in [7, 11) is 3.48. The molecule has 1 fully saturated rings. The molecule has 2 aliphatic heterocycles. The first kappa shape index (κ1) is 17.2. The van der Waals surface area contributed by atoms with Crippen LogP contribution >= 0.6 is 0 Å². The Morgan fingerprint density at radius 3 is 2.92 bits per heavy atom. The summed E-state index contributed by atoms with van der Waals surface area (Å²) < 4.78 is 10.9. The quantitative estimate of drug-likeness (QED) is 0.652. The lowest BCUT2D eigenvalue weighted by atomic mass is 9.75. The summed E-state index contributed by atoms with van der Waals surface area (Å²) in [6, 6.07) is 6.69. The number of fused-ring (bicyclic) bond motifs is 5. The van der Waals surface area contributed by atoms with Gasteiger partial charge < -0.3 is 14.5 Å². The van der Waals surface area contributed by atoms with E-state index in [1.54, 1.807) is 14.2 Å². The van der Waals surface area contributed by atoms with Gasteiger partial charge in [-0.3, -0.25) is 4.90 Å². The Kier molecular flexibility index (Phi) is 4.53. The van der Waals surface area contributed by atoms with Crippen molar-refractivity contribution >= 4 is 10.9 Å². The number of H-pyrrole nitrogens is 1. The smallest absolute Gasteiger partial charge is 0.128 e. The summed E-state index contributed by atoms with van der Waals surface area (Å²) in [4.78, 5) is 6.33. The Balaban J connectivity index is 1.76. The highest BCUT2D eigenvalue weighted by Gasteiger charge is 2.40. The number of hydrogen-bond donors (Lipinski definition) is 1. The molecule has 4 rings (SSSR count). The first-order valence-electron chi connectivity index (χ1n) is 9.41. The Hall–Kier alpha value is -2.20. The third kappa shape index (κ3) is 2.64. The Morgan fingerprint density at radius 1 is 1.35 bits per heavy atom. The van der Waals surface area contributed by atoms with E-state index in [1.807, 2.05) is 6.26 Å². The molecule has 0 aliphatic carbocycles. The zero-order valence-electron chi connectivity index (χ0n) is 15.9. The number of hydrogen-bond acceptors (Lipinski definition) is 3. The lowest BCUT2D eigenvalue weighted by molar-refractivity contribution is 0.0822. The van der Waals surface area contributed by atoms with Crippen molar-refractivity contribution in [2.45, 2.75) is 25.8 Å². The van der Waals surface area contributed by atoms with Crippen LogP contribution < -0.4 is 4.74 Å². The van der Waals surface area contributed by atoms with Crippen LogP contribution in [0, 0.1) is 11.8 Å². The number of rotatable bonds is 4. The van der Waals surface area contributed by atoms with E-state index in [0.29, 0.717) is 17.9 Å². The highest BCUT2D eigenvalue weighted by Crippen LogP contribution is 2.46. The van der Waals surface area contributed by atoms with Crippen molar-refractivity contribution in [3.63, 3.8) is 0 Å². The van der Waals surface area contributed by atoms with Crippen molar-refractivity contribution in [1.82, 2.24) is 9.88 Å². The van der Waals surface area contributed by atoms with Gasteiger partial charge in [0, 0.05) is 29.7 Å². The number of piperidine rings is 1.